The Morgan fingerprint density at radius 3 is 2.09 bits per heavy atom. The van der Waals surface area contributed by atoms with Gasteiger partial charge in [-0.2, -0.15) is 0 Å². The van der Waals surface area contributed by atoms with Crippen molar-refractivity contribution in [3.05, 3.63) is 101 Å². The van der Waals surface area contributed by atoms with E-state index < -0.39 is 17.5 Å². The van der Waals surface area contributed by atoms with Crippen molar-refractivity contribution < 1.29 is 22.3 Å². The molecule has 0 aliphatic rings. The molecule has 4 rings (SSSR count). The van der Waals surface area contributed by atoms with Crippen LogP contribution in [0, 0.1) is 23.3 Å². The second-order valence-corrected chi connectivity index (χ2v) is 8.78. The number of hydrogen-bond donors (Lipinski definition) is 0. The Labute approximate surface area is 203 Å². The first-order chi connectivity index (χ1) is 17.0. The summed E-state index contributed by atoms with van der Waals surface area (Å²) in [7, 11) is 0. The predicted molar refractivity (Wildman–Crippen MR) is 133 cm³/mol. The Morgan fingerprint density at radius 2 is 1.37 bits per heavy atom. The molecule has 0 aliphatic heterocycles. The van der Waals surface area contributed by atoms with Crippen molar-refractivity contribution in [1.29, 1.82) is 0 Å². The Balaban J connectivity index is 1.45. The van der Waals surface area contributed by atoms with Crippen LogP contribution < -0.4 is 4.74 Å². The molecule has 4 aromatic rings. The van der Waals surface area contributed by atoms with Crippen molar-refractivity contribution >= 4 is 10.8 Å². The van der Waals surface area contributed by atoms with E-state index in [1.54, 1.807) is 12.1 Å². The van der Waals surface area contributed by atoms with E-state index in [1.807, 2.05) is 42.5 Å². The van der Waals surface area contributed by atoms with Gasteiger partial charge in [-0.25, -0.2) is 17.6 Å². The Morgan fingerprint density at radius 1 is 0.657 bits per heavy atom. The first-order valence-corrected chi connectivity index (χ1v) is 12.0. The number of halogens is 4. The molecular weight excluding hydrogens is 452 g/mol. The van der Waals surface area contributed by atoms with Crippen molar-refractivity contribution in [3.63, 3.8) is 0 Å². The predicted octanol–water partition coefficient (Wildman–Crippen LogP) is 8.81. The maximum absolute atomic E-state index is 15.2. The van der Waals surface area contributed by atoms with Gasteiger partial charge in [0.1, 0.15) is 11.6 Å². The van der Waals surface area contributed by atoms with Gasteiger partial charge >= 0.3 is 0 Å². The molecule has 0 heterocycles. The second-order valence-electron chi connectivity index (χ2n) is 8.78. The van der Waals surface area contributed by atoms with Crippen LogP contribution >= 0.6 is 0 Å². The SMILES string of the molecule is CCCCCCOc1ccc(-c2ccc3c(F)c(CCc4cc(F)c(F)c(F)c4)ccc3c2)cc1. The fourth-order valence-corrected chi connectivity index (χ4v) is 4.20. The molecule has 0 fully saturated rings. The highest BCUT2D eigenvalue weighted by Crippen LogP contribution is 2.29. The third-order valence-corrected chi connectivity index (χ3v) is 6.21. The lowest BCUT2D eigenvalue weighted by Gasteiger charge is -2.10. The van der Waals surface area contributed by atoms with E-state index in [-0.39, 0.29) is 24.2 Å². The first-order valence-electron chi connectivity index (χ1n) is 12.0. The van der Waals surface area contributed by atoms with E-state index in [4.69, 9.17) is 4.74 Å². The van der Waals surface area contributed by atoms with Gasteiger partial charge in [0.25, 0.3) is 0 Å². The molecule has 0 aliphatic carbocycles. The lowest BCUT2D eigenvalue weighted by molar-refractivity contribution is 0.305. The molecule has 0 unspecified atom stereocenters. The van der Waals surface area contributed by atoms with Crippen molar-refractivity contribution in [2.24, 2.45) is 0 Å². The third kappa shape index (κ3) is 6.02. The highest BCUT2D eigenvalue weighted by molar-refractivity contribution is 5.88. The lowest BCUT2D eigenvalue weighted by Crippen LogP contribution is -1.99. The van der Waals surface area contributed by atoms with E-state index in [1.165, 1.54) is 19.3 Å². The monoisotopic (exact) mass is 480 g/mol. The number of unbranched alkanes of at least 4 members (excludes halogenated alkanes) is 3. The molecule has 0 atom stereocenters. The zero-order valence-corrected chi connectivity index (χ0v) is 19.7. The molecule has 5 heteroatoms. The van der Waals surface area contributed by atoms with Crippen LogP contribution in [0.5, 0.6) is 5.75 Å². The van der Waals surface area contributed by atoms with E-state index in [2.05, 4.69) is 6.92 Å². The molecule has 182 valence electrons. The summed E-state index contributed by atoms with van der Waals surface area (Å²) < 4.78 is 61.0. The number of fused-ring (bicyclic) bond motifs is 1. The van der Waals surface area contributed by atoms with Gasteiger partial charge in [0.15, 0.2) is 17.5 Å². The minimum atomic E-state index is -1.49. The van der Waals surface area contributed by atoms with Crippen LogP contribution in [-0.2, 0) is 12.8 Å². The average molecular weight is 481 g/mol. The van der Waals surface area contributed by atoms with Crippen LogP contribution in [-0.4, -0.2) is 6.61 Å². The zero-order valence-electron chi connectivity index (χ0n) is 19.7. The summed E-state index contributed by atoms with van der Waals surface area (Å²) >= 11 is 0. The van der Waals surface area contributed by atoms with Gasteiger partial charge < -0.3 is 4.74 Å². The van der Waals surface area contributed by atoms with E-state index in [0.29, 0.717) is 17.6 Å². The maximum Gasteiger partial charge on any atom is 0.194 e. The van der Waals surface area contributed by atoms with E-state index in [9.17, 15) is 13.2 Å². The zero-order chi connectivity index (χ0) is 24.8. The third-order valence-electron chi connectivity index (χ3n) is 6.21. The van der Waals surface area contributed by atoms with Crippen LogP contribution in [0.2, 0.25) is 0 Å². The van der Waals surface area contributed by atoms with Crippen LogP contribution in [0.1, 0.15) is 43.7 Å². The molecule has 0 saturated heterocycles. The summed E-state index contributed by atoms with van der Waals surface area (Å²) in [6.45, 7) is 2.89. The molecule has 4 aromatic carbocycles. The summed E-state index contributed by atoms with van der Waals surface area (Å²) in [5.74, 6) is -3.49. The Kier molecular flexibility index (Phi) is 8.06. The van der Waals surface area contributed by atoms with Gasteiger partial charge in [0.05, 0.1) is 6.61 Å². The van der Waals surface area contributed by atoms with Crippen LogP contribution in [0.25, 0.3) is 21.9 Å². The molecule has 0 spiro atoms. The topological polar surface area (TPSA) is 9.23 Å². The molecule has 0 saturated carbocycles. The van der Waals surface area contributed by atoms with E-state index in [0.717, 1.165) is 40.8 Å². The first kappa shape index (κ1) is 24.8. The Bertz CT molecular complexity index is 1270. The van der Waals surface area contributed by atoms with Crippen molar-refractivity contribution in [2.75, 3.05) is 6.61 Å². The summed E-state index contributed by atoms with van der Waals surface area (Å²) in [5.41, 5.74) is 2.70. The van der Waals surface area contributed by atoms with E-state index >= 15 is 4.39 Å². The molecule has 0 amide bonds. The van der Waals surface area contributed by atoms with Gasteiger partial charge in [0.2, 0.25) is 0 Å². The van der Waals surface area contributed by atoms with Crippen molar-refractivity contribution in [1.82, 2.24) is 0 Å². The smallest absolute Gasteiger partial charge is 0.194 e. The maximum atomic E-state index is 15.2. The number of hydrogen-bond acceptors (Lipinski definition) is 1. The molecule has 0 radical (unpaired) electrons. The van der Waals surface area contributed by atoms with Crippen LogP contribution in [0.4, 0.5) is 17.6 Å². The van der Waals surface area contributed by atoms with Gasteiger partial charge in [-0.1, -0.05) is 62.6 Å². The highest BCUT2D eigenvalue weighted by Gasteiger charge is 2.13. The summed E-state index contributed by atoms with van der Waals surface area (Å²) in [4.78, 5) is 0. The van der Waals surface area contributed by atoms with Gasteiger partial charge in [-0.05, 0) is 77.2 Å². The lowest BCUT2D eigenvalue weighted by atomic mass is 9.97. The average Bonchev–Trinajstić information content (AvgIpc) is 2.87. The summed E-state index contributed by atoms with van der Waals surface area (Å²) in [6.07, 6.45) is 5.08. The van der Waals surface area contributed by atoms with Crippen molar-refractivity contribution in [3.8, 4) is 16.9 Å². The van der Waals surface area contributed by atoms with Crippen molar-refractivity contribution in [2.45, 2.75) is 45.4 Å². The molecule has 0 N–H and O–H groups in total. The molecule has 0 aromatic heterocycles. The van der Waals surface area contributed by atoms with Gasteiger partial charge in [-0.3, -0.25) is 0 Å². The van der Waals surface area contributed by atoms with Gasteiger partial charge in [0, 0.05) is 5.39 Å². The summed E-state index contributed by atoms with van der Waals surface area (Å²) in [5, 5.41) is 1.24. The minimum Gasteiger partial charge on any atom is -0.494 e. The van der Waals surface area contributed by atoms with Gasteiger partial charge in [-0.15, -0.1) is 0 Å². The molecule has 0 bridgehead atoms. The molecule has 35 heavy (non-hydrogen) atoms. The number of rotatable bonds is 10. The fraction of sp³-hybridized carbons (Fsp3) is 0.267. The Hall–Kier alpha value is -3.34. The van der Waals surface area contributed by atoms with Crippen LogP contribution in [0.3, 0.4) is 0 Å². The molecule has 1 nitrogen and oxygen atoms in total. The second kappa shape index (κ2) is 11.4. The molecular formula is C30H28F4O. The van der Waals surface area contributed by atoms with Crippen LogP contribution in [0.15, 0.2) is 66.7 Å². The summed E-state index contributed by atoms with van der Waals surface area (Å²) in [6, 6.07) is 18.9. The number of aryl methyl sites for hydroxylation is 2. The number of ether oxygens (including phenoxy) is 1. The largest absolute Gasteiger partial charge is 0.494 e. The quantitative estimate of drug-likeness (QED) is 0.125. The fourth-order valence-electron chi connectivity index (χ4n) is 4.20. The minimum absolute atomic E-state index is 0.196. The highest BCUT2D eigenvalue weighted by atomic mass is 19.2. The normalized spacial score (nSPS) is 11.2. The number of benzene rings is 4. The standard InChI is InChI=1S/C30H28F4O/c1-2-3-4-5-16-35-25-13-10-21(11-14-25)23-12-15-26-24(19-23)9-8-22(29(26)33)7-6-20-17-27(31)30(34)28(32)18-20/h8-15,17-19H,2-7,16H2,1H3.